The number of hydrogen-bond donors (Lipinski definition) is 1. The number of ether oxygens (including phenoxy) is 1. The minimum Gasteiger partial charge on any atom is -0.550 e. The summed E-state index contributed by atoms with van der Waals surface area (Å²) in [6, 6.07) is 0. The third kappa shape index (κ3) is 5.29. The van der Waals surface area contributed by atoms with E-state index in [1.807, 2.05) is 13.8 Å². The number of carbonyl (C=O) groups is 3. The number of carbonyl (C=O) groups excluding carboxylic acids is 3. The fourth-order valence-corrected chi connectivity index (χ4v) is 4.07. The molecule has 1 N–H and O–H groups in total. The third-order valence-corrected chi connectivity index (χ3v) is 5.50. The summed E-state index contributed by atoms with van der Waals surface area (Å²) in [4.78, 5) is 36.3. The predicted octanol–water partition coefficient (Wildman–Crippen LogP) is 2.44. The second kappa shape index (κ2) is 8.99. The second-order valence-electron chi connectivity index (χ2n) is 6.31. The van der Waals surface area contributed by atoms with Gasteiger partial charge >= 0.3 is 5.97 Å². The molecule has 0 saturated heterocycles. The van der Waals surface area contributed by atoms with Crippen molar-refractivity contribution in [1.82, 2.24) is 0 Å². The molecule has 1 aromatic heterocycles. The number of esters is 1. The maximum absolute atomic E-state index is 12.6. The zero-order chi connectivity index (χ0) is 18.4. The molecule has 1 aliphatic carbocycles. The third-order valence-electron chi connectivity index (χ3n) is 4.30. The summed E-state index contributed by atoms with van der Waals surface area (Å²) in [6.45, 7) is 3.79. The minimum atomic E-state index is -1.17. The summed E-state index contributed by atoms with van der Waals surface area (Å²) >= 11 is 1.43. The lowest BCUT2D eigenvalue weighted by Gasteiger charge is -2.15. The Labute approximate surface area is 151 Å². The normalized spacial score (nSPS) is 14.5. The molecular formula is C18H24NO5S-. The molecule has 0 aliphatic heterocycles. The van der Waals surface area contributed by atoms with Crippen molar-refractivity contribution in [1.29, 1.82) is 0 Å². The Morgan fingerprint density at radius 1 is 1.24 bits per heavy atom. The summed E-state index contributed by atoms with van der Waals surface area (Å²) in [5.74, 6) is -1.85. The standard InChI is InChI=1S/C18H25NO5S/c1-3-11(2)24-18(23)16-12-7-4-5-8-13(12)25-17(16)19-14(20)9-6-10-15(21)22/h11H,3-10H2,1-2H3,(H,19,20)(H,21,22)/p-1. The topological polar surface area (TPSA) is 95.5 Å². The summed E-state index contributed by atoms with van der Waals surface area (Å²) in [5.41, 5.74) is 1.47. The van der Waals surface area contributed by atoms with E-state index in [9.17, 15) is 19.5 Å². The molecule has 25 heavy (non-hydrogen) atoms. The van der Waals surface area contributed by atoms with Crippen LogP contribution in [0, 0.1) is 0 Å². The van der Waals surface area contributed by atoms with E-state index in [0.717, 1.165) is 42.5 Å². The van der Waals surface area contributed by atoms with Crippen molar-refractivity contribution in [3.8, 4) is 0 Å². The lowest BCUT2D eigenvalue weighted by Crippen LogP contribution is -2.22. The van der Waals surface area contributed by atoms with Crippen LogP contribution in [-0.4, -0.2) is 23.9 Å². The molecule has 138 valence electrons. The fourth-order valence-electron chi connectivity index (χ4n) is 2.78. The fraction of sp³-hybridized carbons (Fsp3) is 0.611. The van der Waals surface area contributed by atoms with Gasteiger partial charge in [0.1, 0.15) is 5.00 Å². The molecule has 0 fully saturated rings. The Morgan fingerprint density at radius 3 is 2.64 bits per heavy atom. The van der Waals surface area contributed by atoms with Gasteiger partial charge in [0.25, 0.3) is 0 Å². The van der Waals surface area contributed by atoms with Crippen LogP contribution >= 0.6 is 11.3 Å². The molecule has 1 atom stereocenters. The Morgan fingerprint density at radius 2 is 1.96 bits per heavy atom. The van der Waals surface area contributed by atoms with Crippen molar-refractivity contribution in [3.05, 3.63) is 16.0 Å². The first-order chi connectivity index (χ1) is 11.9. The summed E-state index contributed by atoms with van der Waals surface area (Å²) < 4.78 is 5.48. The molecule has 0 bridgehead atoms. The van der Waals surface area contributed by atoms with Gasteiger partial charge in [0, 0.05) is 17.3 Å². The van der Waals surface area contributed by atoms with Crippen molar-refractivity contribution in [2.24, 2.45) is 0 Å². The highest BCUT2D eigenvalue weighted by Gasteiger charge is 2.28. The molecule has 0 saturated carbocycles. The van der Waals surface area contributed by atoms with Crippen LogP contribution in [0.1, 0.15) is 73.2 Å². The summed E-state index contributed by atoms with van der Waals surface area (Å²) in [6.07, 6.45) is 4.50. The van der Waals surface area contributed by atoms with Crippen LogP contribution in [-0.2, 0) is 27.2 Å². The van der Waals surface area contributed by atoms with Gasteiger partial charge in [-0.1, -0.05) is 6.92 Å². The maximum Gasteiger partial charge on any atom is 0.341 e. The zero-order valence-corrected chi connectivity index (χ0v) is 15.5. The minimum absolute atomic E-state index is 0.0798. The van der Waals surface area contributed by atoms with Crippen molar-refractivity contribution in [2.75, 3.05) is 5.32 Å². The van der Waals surface area contributed by atoms with E-state index < -0.39 is 11.9 Å². The number of fused-ring (bicyclic) bond motifs is 1. The van der Waals surface area contributed by atoms with E-state index in [-0.39, 0.29) is 31.3 Å². The van der Waals surface area contributed by atoms with E-state index in [0.29, 0.717) is 10.6 Å². The monoisotopic (exact) mass is 366 g/mol. The Bertz CT molecular complexity index is 652. The van der Waals surface area contributed by atoms with Crippen LogP contribution in [0.2, 0.25) is 0 Å². The van der Waals surface area contributed by atoms with Gasteiger partial charge in [0.15, 0.2) is 0 Å². The molecule has 1 aliphatic rings. The van der Waals surface area contributed by atoms with E-state index in [1.54, 1.807) is 0 Å². The summed E-state index contributed by atoms with van der Waals surface area (Å²) in [7, 11) is 0. The van der Waals surface area contributed by atoms with E-state index in [4.69, 9.17) is 4.74 Å². The van der Waals surface area contributed by atoms with Crippen LogP contribution in [0.25, 0.3) is 0 Å². The Kier molecular flexibility index (Phi) is 6.99. The Balaban J connectivity index is 2.16. The average molecular weight is 366 g/mol. The summed E-state index contributed by atoms with van der Waals surface area (Å²) in [5, 5.41) is 13.7. The van der Waals surface area contributed by atoms with E-state index in [1.165, 1.54) is 11.3 Å². The number of aryl methyl sites for hydroxylation is 1. The van der Waals surface area contributed by atoms with E-state index in [2.05, 4.69) is 5.32 Å². The van der Waals surface area contributed by atoms with Crippen molar-refractivity contribution in [2.45, 2.75) is 71.3 Å². The maximum atomic E-state index is 12.6. The van der Waals surface area contributed by atoms with Gasteiger partial charge in [-0.2, -0.15) is 0 Å². The quantitative estimate of drug-likeness (QED) is 0.713. The van der Waals surface area contributed by atoms with Gasteiger partial charge in [0.2, 0.25) is 5.91 Å². The molecule has 1 unspecified atom stereocenters. The number of amides is 1. The molecular weight excluding hydrogens is 342 g/mol. The first-order valence-electron chi connectivity index (χ1n) is 8.77. The molecule has 2 rings (SSSR count). The van der Waals surface area contributed by atoms with Crippen LogP contribution in [0.15, 0.2) is 0 Å². The lowest BCUT2D eigenvalue weighted by atomic mass is 9.95. The van der Waals surface area contributed by atoms with Crippen molar-refractivity contribution >= 4 is 34.2 Å². The van der Waals surface area contributed by atoms with Crippen molar-refractivity contribution < 1.29 is 24.2 Å². The molecule has 7 heteroatoms. The van der Waals surface area contributed by atoms with E-state index >= 15 is 0 Å². The number of thiophene rings is 1. The molecule has 1 aromatic rings. The van der Waals surface area contributed by atoms with Crippen LogP contribution in [0.5, 0.6) is 0 Å². The Hall–Kier alpha value is -1.89. The van der Waals surface area contributed by atoms with Gasteiger partial charge in [-0.25, -0.2) is 4.79 Å². The highest BCUT2D eigenvalue weighted by molar-refractivity contribution is 7.17. The number of nitrogens with one attached hydrogen (secondary N) is 1. The highest BCUT2D eigenvalue weighted by atomic mass is 32.1. The molecule has 1 heterocycles. The SMILES string of the molecule is CCC(C)OC(=O)c1c(NC(=O)CCCC(=O)[O-])sc2c1CCCC2. The predicted molar refractivity (Wildman–Crippen MR) is 93.6 cm³/mol. The van der Waals surface area contributed by atoms with Gasteiger partial charge in [-0.15, -0.1) is 11.3 Å². The van der Waals surface area contributed by atoms with Crippen LogP contribution in [0.3, 0.4) is 0 Å². The lowest BCUT2D eigenvalue weighted by molar-refractivity contribution is -0.305. The van der Waals surface area contributed by atoms with Crippen molar-refractivity contribution in [3.63, 3.8) is 0 Å². The number of carboxylic acid groups (broad SMARTS) is 1. The zero-order valence-electron chi connectivity index (χ0n) is 14.7. The largest absolute Gasteiger partial charge is 0.550 e. The molecule has 0 spiro atoms. The highest BCUT2D eigenvalue weighted by Crippen LogP contribution is 2.38. The smallest absolute Gasteiger partial charge is 0.341 e. The number of aliphatic carboxylic acids is 1. The average Bonchev–Trinajstić information content (AvgIpc) is 2.91. The van der Waals surface area contributed by atoms with Gasteiger partial charge in [-0.05, 0) is 57.4 Å². The molecule has 1 amide bonds. The number of hydrogen-bond acceptors (Lipinski definition) is 6. The molecule has 6 nitrogen and oxygen atoms in total. The van der Waals surface area contributed by atoms with Crippen LogP contribution < -0.4 is 10.4 Å². The molecule has 0 radical (unpaired) electrons. The second-order valence-corrected chi connectivity index (χ2v) is 7.42. The number of carboxylic acids is 1. The number of rotatable bonds is 8. The first-order valence-corrected chi connectivity index (χ1v) is 9.59. The van der Waals surface area contributed by atoms with Gasteiger partial charge in [0.05, 0.1) is 11.7 Å². The van der Waals surface area contributed by atoms with Crippen LogP contribution in [0.4, 0.5) is 5.00 Å². The number of anilines is 1. The first kappa shape index (κ1) is 19.4. The van der Waals surface area contributed by atoms with Gasteiger partial charge < -0.3 is 20.0 Å². The van der Waals surface area contributed by atoms with Gasteiger partial charge in [-0.3, -0.25) is 4.79 Å². The molecule has 0 aromatic carbocycles.